The van der Waals surface area contributed by atoms with E-state index in [-0.39, 0.29) is 5.56 Å². The molecule has 4 heteroatoms. The van der Waals surface area contributed by atoms with Crippen LogP contribution in [0.2, 0.25) is 0 Å². The van der Waals surface area contributed by atoms with E-state index in [0.717, 1.165) is 11.3 Å². The third-order valence-corrected chi connectivity index (χ3v) is 2.38. The van der Waals surface area contributed by atoms with Crippen molar-refractivity contribution < 1.29 is 0 Å². The van der Waals surface area contributed by atoms with Gasteiger partial charge in [0.1, 0.15) is 0 Å². The van der Waals surface area contributed by atoms with Crippen LogP contribution in [0.1, 0.15) is 13.8 Å². The molecule has 0 radical (unpaired) electrons. The zero-order valence-corrected chi connectivity index (χ0v) is 10.00. The first-order valence-electron chi connectivity index (χ1n) is 5.65. The van der Waals surface area contributed by atoms with Crippen LogP contribution in [0.25, 0.3) is 11.3 Å². The molecule has 2 rings (SSSR count). The van der Waals surface area contributed by atoms with Crippen molar-refractivity contribution in [3.63, 3.8) is 0 Å². The van der Waals surface area contributed by atoms with Crippen molar-refractivity contribution in [2.24, 2.45) is 5.92 Å². The Labute approximate surface area is 99.9 Å². The molecule has 0 spiro atoms. The first-order valence-corrected chi connectivity index (χ1v) is 5.65. The Balaban J connectivity index is 2.41. The van der Waals surface area contributed by atoms with Gasteiger partial charge in [0.2, 0.25) is 0 Å². The van der Waals surface area contributed by atoms with Crippen LogP contribution in [0, 0.1) is 5.92 Å². The number of nitrogens with zero attached hydrogens (tertiary/aromatic N) is 3. The SMILES string of the molecule is CC(C)Cn1nc(-c2ccncc2)ccc1=O. The van der Waals surface area contributed by atoms with Gasteiger partial charge in [-0.15, -0.1) is 0 Å². The van der Waals surface area contributed by atoms with Gasteiger partial charge in [-0.25, -0.2) is 4.68 Å². The van der Waals surface area contributed by atoms with Crippen LogP contribution in [-0.2, 0) is 6.54 Å². The maximum Gasteiger partial charge on any atom is 0.266 e. The minimum atomic E-state index is -0.0588. The smallest absolute Gasteiger partial charge is 0.266 e. The summed E-state index contributed by atoms with van der Waals surface area (Å²) in [5.74, 6) is 0.396. The summed E-state index contributed by atoms with van der Waals surface area (Å²) in [5.41, 5.74) is 1.71. The Morgan fingerprint density at radius 1 is 1.18 bits per heavy atom. The molecule has 2 heterocycles. The van der Waals surface area contributed by atoms with Crippen molar-refractivity contribution in [1.82, 2.24) is 14.8 Å². The van der Waals surface area contributed by atoms with Crippen molar-refractivity contribution in [2.45, 2.75) is 20.4 Å². The van der Waals surface area contributed by atoms with Crippen LogP contribution in [0.5, 0.6) is 0 Å². The molecule has 0 saturated carbocycles. The summed E-state index contributed by atoms with van der Waals surface area (Å²) in [5, 5.41) is 4.36. The molecule has 0 saturated heterocycles. The van der Waals surface area contributed by atoms with Crippen LogP contribution in [-0.4, -0.2) is 14.8 Å². The summed E-state index contributed by atoms with van der Waals surface area (Å²) in [6.07, 6.45) is 3.43. The van der Waals surface area contributed by atoms with E-state index in [1.807, 2.05) is 12.1 Å². The van der Waals surface area contributed by atoms with Crippen molar-refractivity contribution in [3.05, 3.63) is 47.0 Å². The fourth-order valence-electron chi connectivity index (χ4n) is 1.60. The van der Waals surface area contributed by atoms with Crippen LogP contribution in [0.15, 0.2) is 41.5 Å². The second kappa shape index (κ2) is 4.91. The van der Waals surface area contributed by atoms with Gasteiger partial charge in [-0.2, -0.15) is 5.10 Å². The molecule has 0 aliphatic rings. The predicted octanol–water partition coefficient (Wildman–Crippen LogP) is 1.96. The molecule has 0 aromatic carbocycles. The first-order chi connectivity index (χ1) is 8.16. The lowest BCUT2D eigenvalue weighted by Gasteiger charge is -2.08. The number of hydrogen-bond acceptors (Lipinski definition) is 3. The van der Waals surface area contributed by atoms with Gasteiger partial charge in [-0.1, -0.05) is 13.8 Å². The molecule has 0 aliphatic heterocycles. The van der Waals surface area contributed by atoms with E-state index in [1.54, 1.807) is 24.5 Å². The van der Waals surface area contributed by atoms with Crippen molar-refractivity contribution in [1.29, 1.82) is 0 Å². The van der Waals surface area contributed by atoms with E-state index in [1.165, 1.54) is 4.68 Å². The van der Waals surface area contributed by atoms with Gasteiger partial charge in [0.15, 0.2) is 0 Å². The summed E-state index contributed by atoms with van der Waals surface area (Å²) in [7, 11) is 0. The van der Waals surface area contributed by atoms with Crippen LogP contribution in [0.3, 0.4) is 0 Å². The zero-order chi connectivity index (χ0) is 12.3. The van der Waals surface area contributed by atoms with Crippen LogP contribution < -0.4 is 5.56 Å². The second-order valence-corrected chi connectivity index (χ2v) is 4.37. The Bertz CT molecular complexity index is 546. The topological polar surface area (TPSA) is 47.8 Å². The fourth-order valence-corrected chi connectivity index (χ4v) is 1.60. The highest BCUT2D eigenvalue weighted by Crippen LogP contribution is 2.13. The monoisotopic (exact) mass is 229 g/mol. The first kappa shape index (κ1) is 11.5. The van der Waals surface area contributed by atoms with Gasteiger partial charge in [0.05, 0.1) is 5.69 Å². The largest absolute Gasteiger partial charge is 0.268 e. The Kier molecular flexibility index (Phi) is 3.32. The highest BCUT2D eigenvalue weighted by Gasteiger charge is 2.04. The number of aromatic nitrogens is 3. The number of hydrogen-bond donors (Lipinski definition) is 0. The quantitative estimate of drug-likeness (QED) is 0.808. The van der Waals surface area contributed by atoms with E-state index in [0.29, 0.717) is 12.5 Å². The molecule has 2 aromatic rings. The minimum absolute atomic E-state index is 0.0588. The number of pyridine rings is 1. The van der Waals surface area contributed by atoms with Gasteiger partial charge in [0, 0.05) is 30.6 Å². The van der Waals surface area contributed by atoms with E-state index in [2.05, 4.69) is 23.9 Å². The minimum Gasteiger partial charge on any atom is -0.268 e. The standard InChI is InChI=1S/C13H15N3O/c1-10(2)9-16-13(17)4-3-12(15-16)11-5-7-14-8-6-11/h3-8,10H,9H2,1-2H3. The van der Waals surface area contributed by atoms with Gasteiger partial charge >= 0.3 is 0 Å². The van der Waals surface area contributed by atoms with Gasteiger partial charge in [0.25, 0.3) is 5.56 Å². The Morgan fingerprint density at radius 3 is 2.53 bits per heavy atom. The zero-order valence-electron chi connectivity index (χ0n) is 10.00. The highest BCUT2D eigenvalue weighted by atomic mass is 16.1. The predicted molar refractivity (Wildman–Crippen MR) is 66.6 cm³/mol. The lowest BCUT2D eigenvalue weighted by molar-refractivity contribution is 0.465. The molecule has 0 bridgehead atoms. The Hall–Kier alpha value is -1.97. The van der Waals surface area contributed by atoms with Crippen molar-refractivity contribution in [2.75, 3.05) is 0 Å². The third kappa shape index (κ3) is 2.78. The summed E-state index contributed by atoms with van der Waals surface area (Å²) in [4.78, 5) is 15.6. The van der Waals surface area contributed by atoms with Crippen molar-refractivity contribution >= 4 is 0 Å². The Morgan fingerprint density at radius 2 is 1.88 bits per heavy atom. The normalized spacial score (nSPS) is 10.8. The summed E-state index contributed by atoms with van der Waals surface area (Å²) in [6, 6.07) is 7.07. The highest BCUT2D eigenvalue weighted by molar-refractivity contribution is 5.56. The van der Waals surface area contributed by atoms with E-state index in [4.69, 9.17) is 0 Å². The molecule has 2 aromatic heterocycles. The maximum absolute atomic E-state index is 11.6. The van der Waals surface area contributed by atoms with Gasteiger partial charge in [-0.3, -0.25) is 9.78 Å². The van der Waals surface area contributed by atoms with Crippen LogP contribution >= 0.6 is 0 Å². The summed E-state index contributed by atoms with van der Waals surface area (Å²) >= 11 is 0. The average Bonchev–Trinajstić information content (AvgIpc) is 2.32. The third-order valence-electron chi connectivity index (χ3n) is 2.38. The molecular formula is C13H15N3O. The molecule has 0 atom stereocenters. The molecule has 0 aliphatic carbocycles. The van der Waals surface area contributed by atoms with Gasteiger partial charge in [-0.05, 0) is 24.1 Å². The molecule has 17 heavy (non-hydrogen) atoms. The molecule has 0 amide bonds. The molecule has 0 fully saturated rings. The molecule has 4 nitrogen and oxygen atoms in total. The van der Waals surface area contributed by atoms with E-state index in [9.17, 15) is 4.79 Å². The van der Waals surface area contributed by atoms with E-state index < -0.39 is 0 Å². The lowest BCUT2D eigenvalue weighted by Crippen LogP contribution is -2.24. The summed E-state index contributed by atoms with van der Waals surface area (Å²) < 4.78 is 1.51. The molecular weight excluding hydrogens is 214 g/mol. The average molecular weight is 229 g/mol. The maximum atomic E-state index is 11.6. The summed E-state index contributed by atoms with van der Waals surface area (Å²) in [6.45, 7) is 4.76. The van der Waals surface area contributed by atoms with Crippen molar-refractivity contribution in [3.8, 4) is 11.3 Å². The molecule has 0 unspecified atom stereocenters. The fraction of sp³-hybridized carbons (Fsp3) is 0.308. The molecule has 0 N–H and O–H groups in total. The molecule has 88 valence electrons. The number of rotatable bonds is 3. The van der Waals surface area contributed by atoms with Gasteiger partial charge < -0.3 is 0 Å². The van der Waals surface area contributed by atoms with Crippen LogP contribution in [0.4, 0.5) is 0 Å². The lowest BCUT2D eigenvalue weighted by atomic mass is 10.2. The van der Waals surface area contributed by atoms with E-state index >= 15 is 0 Å². The second-order valence-electron chi connectivity index (χ2n) is 4.37.